The largest absolute Gasteiger partial charge is 0.353 e. The van der Waals surface area contributed by atoms with Crippen molar-refractivity contribution >= 4 is 5.91 Å². The molecule has 0 aliphatic carbocycles. The Bertz CT molecular complexity index is 398. The molecule has 0 bridgehead atoms. The summed E-state index contributed by atoms with van der Waals surface area (Å²) in [5.74, 6) is 0.00517. The highest BCUT2D eigenvalue weighted by Crippen LogP contribution is 1.94. The summed E-state index contributed by atoms with van der Waals surface area (Å²) in [7, 11) is 0. The number of nitrogens with zero attached hydrogens (tertiary/aromatic N) is 3. The van der Waals surface area contributed by atoms with Crippen molar-refractivity contribution in [1.29, 1.82) is 0 Å². The minimum atomic E-state index is -0.183. The predicted octanol–water partition coefficient (Wildman–Crippen LogP) is -0.769. The second-order valence-electron chi connectivity index (χ2n) is 3.73. The molecule has 2 heterocycles. The highest BCUT2D eigenvalue weighted by atomic mass is 16.2. The molecular weight excluding hydrogens is 206 g/mol. The molecule has 0 radical (unpaired) electrons. The van der Waals surface area contributed by atoms with Gasteiger partial charge in [-0.25, -0.2) is 0 Å². The summed E-state index contributed by atoms with van der Waals surface area (Å²) in [4.78, 5) is 11.6. The molecule has 1 atom stereocenters. The summed E-state index contributed by atoms with van der Waals surface area (Å²) < 4.78 is 1.72. The van der Waals surface area contributed by atoms with Crippen molar-refractivity contribution in [2.24, 2.45) is 0 Å². The minimum absolute atomic E-state index is 0.00517. The summed E-state index contributed by atoms with van der Waals surface area (Å²) >= 11 is 0. The van der Waals surface area contributed by atoms with E-state index in [4.69, 9.17) is 0 Å². The first-order chi connectivity index (χ1) is 7.75. The normalized spacial score (nSPS) is 18.9. The Morgan fingerprint density at radius 2 is 2.62 bits per heavy atom. The van der Waals surface area contributed by atoms with Gasteiger partial charge in [-0.1, -0.05) is 17.4 Å². The lowest BCUT2D eigenvalue weighted by molar-refractivity contribution is -0.121. The molecule has 0 saturated heterocycles. The molecule has 1 aromatic heterocycles. The molecule has 0 spiro atoms. The molecule has 2 rings (SSSR count). The maximum absolute atomic E-state index is 11.6. The van der Waals surface area contributed by atoms with Gasteiger partial charge in [-0.2, -0.15) is 0 Å². The first kappa shape index (κ1) is 10.8. The van der Waals surface area contributed by atoms with E-state index < -0.39 is 0 Å². The van der Waals surface area contributed by atoms with Crippen LogP contribution in [0.4, 0.5) is 0 Å². The van der Waals surface area contributed by atoms with Crippen molar-refractivity contribution in [3.05, 3.63) is 24.0 Å². The number of rotatable bonds is 4. The maximum Gasteiger partial charge on any atom is 0.241 e. The van der Waals surface area contributed by atoms with Crippen LogP contribution in [0.3, 0.4) is 0 Å². The zero-order valence-corrected chi connectivity index (χ0v) is 9.18. The SMILES string of the molecule is Cc1cn(CCNC(=O)C2C=CCN2)nn1. The van der Waals surface area contributed by atoms with E-state index in [1.165, 1.54) is 0 Å². The highest BCUT2D eigenvalue weighted by Gasteiger charge is 2.16. The van der Waals surface area contributed by atoms with Crippen molar-refractivity contribution in [2.75, 3.05) is 13.1 Å². The molecular formula is C10H15N5O. The average molecular weight is 221 g/mol. The first-order valence-corrected chi connectivity index (χ1v) is 5.30. The molecule has 1 aliphatic rings. The van der Waals surface area contributed by atoms with Gasteiger partial charge in [-0.15, -0.1) is 5.10 Å². The second-order valence-corrected chi connectivity index (χ2v) is 3.73. The van der Waals surface area contributed by atoms with Crippen LogP contribution < -0.4 is 10.6 Å². The van der Waals surface area contributed by atoms with Crippen LogP contribution in [0, 0.1) is 6.92 Å². The van der Waals surface area contributed by atoms with Crippen molar-refractivity contribution in [2.45, 2.75) is 19.5 Å². The van der Waals surface area contributed by atoms with Crippen LogP contribution in [0.5, 0.6) is 0 Å². The summed E-state index contributed by atoms with van der Waals surface area (Å²) in [6.45, 7) is 3.85. The number of aromatic nitrogens is 3. The fourth-order valence-corrected chi connectivity index (χ4v) is 1.56. The second kappa shape index (κ2) is 4.89. The lowest BCUT2D eigenvalue weighted by Gasteiger charge is -2.09. The third-order valence-electron chi connectivity index (χ3n) is 2.36. The van der Waals surface area contributed by atoms with E-state index in [0.717, 1.165) is 12.2 Å². The summed E-state index contributed by atoms with van der Waals surface area (Å²) in [5, 5.41) is 13.7. The molecule has 2 N–H and O–H groups in total. The number of carbonyl (C=O) groups excluding carboxylic acids is 1. The third-order valence-corrected chi connectivity index (χ3v) is 2.36. The molecule has 6 nitrogen and oxygen atoms in total. The van der Waals surface area contributed by atoms with Gasteiger partial charge < -0.3 is 5.32 Å². The number of hydrogen-bond acceptors (Lipinski definition) is 4. The Morgan fingerprint density at radius 3 is 3.25 bits per heavy atom. The van der Waals surface area contributed by atoms with E-state index in [1.54, 1.807) is 4.68 Å². The Labute approximate surface area is 93.7 Å². The van der Waals surface area contributed by atoms with Crippen molar-refractivity contribution in [3.8, 4) is 0 Å². The van der Waals surface area contributed by atoms with Crippen molar-refractivity contribution < 1.29 is 4.79 Å². The van der Waals surface area contributed by atoms with E-state index in [1.807, 2.05) is 25.3 Å². The fourth-order valence-electron chi connectivity index (χ4n) is 1.56. The summed E-state index contributed by atoms with van der Waals surface area (Å²) in [6.07, 6.45) is 5.67. The minimum Gasteiger partial charge on any atom is -0.353 e. The lowest BCUT2D eigenvalue weighted by Crippen LogP contribution is -2.41. The number of amides is 1. The van der Waals surface area contributed by atoms with Crippen LogP contribution in [0.1, 0.15) is 5.69 Å². The molecule has 16 heavy (non-hydrogen) atoms. The van der Waals surface area contributed by atoms with Crippen LogP contribution >= 0.6 is 0 Å². The monoisotopic (exact) mass is 221 g/mol. The quantitative estimate of drug-likeness (QED) is 0.655. The molecule has 1 aromatic rings. The molecule has 0 aromatic carbocycles. The summed E-state index contributed by atoms with van der Waals surface area (Å²) in [6, 6.07) is -0.183. The molecule has 86 valence electrons. The van der Waals surface area contributed by atoms with E-state index in [-0.39, 0.29) is 11.9 Å². The Morgan fingerprint density at radius 1 is 1.75 bits per heavy atom. The standard InChI is InChI=1S/C10H15N5O/c1-8-7-15(14-13-8)6-5-12-10(16)9-3-2-4-11-9/h2-3,7,9,11H,4-6H2,1H3,(H,12,16). The fraction of sp³-hybridized carbons (Fsp3) is 0.500. The van der Waals surface area contributed by atoms with E-state index in [9.17, 15) is 4.79 Å². The molecule has 0 fully saturated rings. The van der Waals surface area contributed by atoms with Crippen molar-refractivity contribution in [3.63, 3.8) is 0 Å². The van der Waals surface area contributed by atoms with Gasteiger partial charge in [0.15, 0.2) is 0 Å². The van der Waals surface area contributed by atoms with Crippen LogP contribution in [-0.4, -0.2) is 40.0 Å². The van der Waals surface area contributed by atoms with Gasteiger partial charge in [-0.05, 0) is 6.92 Å². The van der Waals surface area contributed by atoms with Gasteiger partial charge >= 0.3 is 0 Å². The molecule has 1 aliphatic heterocycles. The molecule has 0 saturated carbocycles. The van der Waals surface area contributed by atoms with Crippen LogP contribution in [0.2, 0.25) is 0 Å². The Kier molecular flexibility index (Phi) is 3.31. The van der Waals surface area contributed by atoms with Gasteiger partial charge in [0.25, 0.3) is 0 Å². The van der Waals surface area contributed by atoms with Gasteiger partial charge in [0, 0.05) is 19.3 Å². The van der Waals surface area contributed by atoms with Gasteiger partial charge in [0.2, 0.25) is 5.91 Å². The zero-order valence-electron chi connectivity index (χ0n) is 9.18. The van der Waals surface area contributed by atoms with E-state index in [2.05, 4.69) is 20.9 Å². The number of aryl methyl sites for hydroxylation is 1. The first-order valence-electron chi connectivity index (χ1n) is 5.30. The number of carbonyl (C=O) groups is 1. The zero-order chi connectivity index (χ0) is 11.4. The van der Waals surface area contributed by atoms with Crippen LogP contribution in [-0.2, 0) is 11.3 Å². The maximum atomic E-state index is 11.6. The van der Waals surface area contributed by atoms with Gasteiger partial charge in [0.05, 0.1) is 12.2 Å². The molecule has 1 amide bonds. The van der Waals surface area contributed by atoms with E-state index >= 15 is 0 Å². The number of hydrogen-bond donors (Lipinski definition) is 2. The van der Waals surface area contributed by atoms with Crippen molar-refractivity contribution in [1.82, 2.24) is 25.6 Å². The summed E-state index contributed by atoms with van der Waals surface area (Å²) in [5.41, 5.74) is 0.881. The Hall–Kier alpha value is -1.69. The van der Waals surface area contributed by atoms with Crippen LogP contribution in [0.25, 0.3) is 0 Å². The van der Waals surface area contributed by atoms with Crippen LogP contribution in [0.15, 0.2) is 18.3 Å². The third kappa shape index (κ3) is 2.66. The lowest BCUT2D eigenvalue weighted by atomic mass is 10.3. The molecule has 1 unspecified atom stereocenters. The average Bonchev–Trinajstić information content (AvgIpc) is 2.89. The predicted molar refractivity (Wildman–Crippen MR) is 58.7 cm³/mol. The van der Waals surface area contributed by atoms with Gasteiger partial charge in [-0.3, -0.25) is 14.8 Å². The topological polar surface area (TPSA) is 71.8 Å². The Balaban J connectivity index is 1.71. The van der Waals surface area contributed by atoms with Gasteiger partial charge in [0.1, 0.15) is 6.04 Å². The van der Waals surface area contributed by atoms with E-state index in [0.29, 0.717) is 13.1 Å². The highest BCUT2D eigenvalue weighted by molar-refractivity contribution is 5.84. The molecule has 6 heteroatoms. The number of nitrogens with one attached hydrogen (secondary N) is 2. The smallest absolute Gasteiger partial charge is 0.241 e.